The van der Waals surface area contributed by atoms with Gasteiger partial charge in [0, 0.05) is 0 Å². The first-order valence-corrected chi connectivity index (χ1v) is 14.1. The van der Waals surface area contributed by atoms with Gasteiger partial charge < -0.3 is 105 Å². The van der Waals surface area contributed by atoms with Gasteiger partial charge >= 0.3 is 0 Å². The Balaban J connectivity index is 1.64. The van der Waals surface area contributed by atoms with Crippen LogP contribution in [0, 0.1) is 0 Å². The molecule has 4 fully saturated rings. The standard InChI is InChI=1S/C24H42O21/c25-1-6-10(30)14(34)17(37)21(39-6)42-18-15(35)11(31)7(2-26)40-22(18)43-19-16(36)12(32)8(3-27)41-23(19)45-24(5-29)20(38)13(33)9(4-28)44-24/h6-23,25-38H,1-5H2/t6-,7-,8-,9-,10+,11+,12-,13-,14+,15+,16-,17+,18-,19-,20+,21+,22+,23+,24-/m0/s1. The van der Waals surface area contributed by atoms with Gasteiger partial charge in [0.15, 0.2) is 18.9 Å². The molecule has 0 aromatic carbocycles. The predicted molar refractivity (Wildman–Crippen MR) is 134 cm³/mol. The molecule has 21 nitrogen and oxygen atoms in total. The van der Waals surface area contributed by atoms with Gasteiger partial charge in [0.05, 0.1) is 26.4 Å². The smallest absolute Gasteiger partial charge is 0.224 e. The van der Waals surface area contributed by atoms with Gasteiger partial charge in [-0.2, -0.15) is 0 Å². The number of rotatable bonds is 11. The van der Waals surface area contributed by atoms with E-state index in [0.717, 1.165) is 0 Å². The molecule has 0 amide bonds. The molecule has 264 valence electrons. The Morgan fingerprint density at radius 1 is 0.444 bits per heavy atom. The lowest BCUT2D eigenvalue weighted by molar-refractivity contribution is -0.417. The van der Waals surface area contributed by atoms with Crippen molar-refractivity contribution in [2.75, 3.05) is 33.0 Å². The Labute approximate surface area is 254 Å². The summed E-state index contributed by atoms with van der Waals surface area (Å²) in [5, 5.41) is 143. The van der Waals surface area contributed by atoms with Crippen LogP contribution in [0.5, 0.6) is 0 Å². The molecule has 19 atom stereocenters. The van der Waals surface area contributed by atoms with Gasteiger partial charge in [-0.1, -0.05) is 0 Å². The van der Waals surface area contributed by atoms with E-state index in [2.05, 4.69) is 0 Å². The van der Waals surface area contributed by atoms with E-state index >= 15 is 0 Å². The van der Waals surface area contributed by atoms with E-state index in [1.165, 1.54) is 0 Å². The van der Waals surface area contributed by atoms with Crippen molar-refractivity contribution in [3.8, 4) is 0 Å². The van der Waals surface area contributed by atoms with E-state index in [1.54, 1.807) is 0 Å². The van der Waals surface area contributed by atoms with Gasteiger partial charge in [0.1, 0.15) is 98.2 Å². The van der Waals surface area contributed by atoms with Crippen LogP contribution in [-0.4, -0.2) is 221 Å². The predicted octanol–water partition coefficient (Wildman–Crippen LogP) is -9.75. The lowest BCUT2D eigenvalue weighted by atomic mass is 9.96. The lowest BCUT2D eigenvalue weighted by Crippen LogP contribution is -2.67. The van der Waals surface area contributed by atoms with Crippen LogP contribution in [0.25, 0.3) is 0 Å². The fourth-order valence-corrected chi connectivity index (χ4v) is 5.56. The molecule has 0 bridgehead atoms. The van der Waals surface area contributed by atoms with Crippen molar-refractivity contribution in [2.24, 2.45) is 0 Å². The number of ether oxygens (including phenoxy) is 7. The zero-order valence-corrected chi connectivity index (χ0v) is 23.5. The van der Waals surface area contributed by atoms with Crippen molar-refractivity contribution in [1.29, 1.82) is 0 Å². The Bertz CT molecular complexity index is 931. The molecule has 4 saturated heterocycles. The number of aliphatic hydroxyl groups excluding tert-OH is 14. The molecular formula is C24H42O21. The molecule has 4 heterocycles. The summed E-state index contributed by atoms with van der Waals surface area (Å²) in [6.07, 6.45) is -33.2. The molecule has 0 radical (unpaired) electrons. The summed E-state index contributed by atoms with van der Waals surface area (Å²) in [4.78, 5) is 0. The van der Waals surface area contributed by atoms with Gasteiger partial charge in [-0.3, -0.25) is 0 Å². The summed E-state index contributed by atoms with van der Waals surface area (Å²) in [5.41, 5.74) is 0. The highest BCUT2D eigenvalue weighted by Crippen LogP contribution is 2.38. The summed E-state index contributed by atoms with van der Waals surface area (Å²) >= 11 is 0. The molecule has 14 N–H and O–H groups in total. The highest BCUT2D eigenvalue weighted by molar-refractivity contribution is 5.00. The fraction of sp³-hybridized carbons (Fsp3) is 1.00. The Morgan fingerprint density at radius 3 is 1.33 bits per heavy atom. The van der Waals surface area contributed by atoms with Crippen molar-refractivity contribution in [1.82, 2.24) is 0 Å². The third-order valence-corrected chi connectivity index (χ3v) is 8.30. The van der Waals surface area contributed by atoms with Gasteiger partial charge in [-0.25, -0.2) is 0 Å². The Kier molecular flexibility index (Phi) is 12.5. The van der Waals surface area contributed by atoms with Crippen molar-refractivity contribution >= 4 is 0 Å². The van der Waals surface area contributed by atoms with Crippen molar-refractivity contribution in [3.05, 3.63) is 0 Å². The van der Waals surface area contributed by atoms with Gasteiger partial charge in [-0.05, 0) is 0 Å². The molecule has 0 unspecified atom stereocenters. The van der Waals surface area contributed by atoms with Crippen LogP contribution in [0.4, 0.5) is 0 Å². The monoisotopic (exact) mass is 666 g/mol. The average molecular weight is 667 g/mol. The molecular weight excluding hydrogens is 624 g/mol. The molecule has 4 aliphatic heterocycles. The molecule has 45 heavy (non-hydrogen) atoms. The van der Waals surface area contributed by atoms with Crippen LogP contribution in [0.3, 0.4) is 0 Å². The average Bonchev–Trinajstić information content (AvgIpc) is 3.28. The van der Waals surface area contributed by atoms with E-state index in [9.17, 15) is 71.5 Å². The first-order chi connectivity index (χ1) is 21.3. The molecule has 0 saturated carbocycles. The number of hydrogen-bond donors (Lipinski definition) is 14. The third-order valence-electron chi connectivity index (χ3n) is 8.30. The fourth-order valence-electron chi connectivity index (χ4n) is 5.56. The summed E-state index contributed by atoms with van der Waals surface area (Å²) in [6, 6.07) is 0. The van der Waals surface area contributed by atoms with E-state index in [4.69, 9.17) is 33.2 Å². The van der Waals surface area contributed by atoms with Gasteiger partial charge in [-0.15, -0.1) is 0 Å². The van der Waals surface area contributed by atoms with E-state index < -0.39 is 149 Å². The second-order valence-corrected chi connectivity index (χ2v) is 11.2. The summed E-state index contributed by atoms with van der Waals surface area (Å²) < 4.78 is 38.7. The van der Waals surface area contributed by atoms with Crippen molar-refractivity contribution in [3.63, 3.8) is 0 Å². The minimum Gasteiger partial charge on any atom is -0.394 e. The Hall–Kier alpha value is -0.840. The third kappa shape index (κ3) is 7.01. The highest BCUT2D eigenvalue weighted by atomic mass is 16.8. The van der Waals surface area contributed by atoms with Crippen LogP contribution in [0.1, 0.15) is 0 Å². The van der Waals surface area contributed by atoms with Crippen LogP contribution in [-0.2, 0) is 33.2 Å². The summed E-state index contributed by atoms with van der Waals surface area (Å²) in [6.45, 7) is -4.65. The highest BCUT2D eigenvalue weighted by Gasteiger charge is 2.60. The van der Waals surface area contributed by atoms with E-state index in [1.807, 2.05) is 0 Å². The summed E-state index contributed by atoms with van der Waals surface area (Å²) in [5.74, 6) is -2.52. The number of aliphatic hydroxyl groups is 14. The second-order valence-electron chi connectivity index (χ2n) is 11.2. The molecule has 0 aromatic rings. The maximum atomic E-state index is 11.0. The molecule has 4 rings (SSSR count). The van der Waals surface area contributed by atoms with Gasteiger partial charge in [0.2, 0.25) is 5.79 Å². The first-order valence-electron chi connectivity index (χ1n) is 14.1. The topological polar surface area (TPSA) is 348 Å². The Morgan fingerprint density at radius 2 is 0.867 bits per heavy atom. The van der Waals surface area contributed by atoms with E-state index in [-0.39, 0.29) is 0 Å². The zero-order chi connectivity index (χ0) is 33.4. The minimum atomic E-state index is -2.52. The number of hydrogen-bond acceptors (Lipinski definition) is 21. The van der Waals surface area contributed by atoms with Gasteiger partial charge in [0.25, 0.3) is 0 Å². The molecule has 0 spiro atoms. The SMILES string of the molecule is OC[C@@H]1O[C@H](O[C@]2(CO)O[C@@H](CO)[C@H](O)[C@H]2O)[C@@H](O[C@H]2O[C@@H](CO)[C@@H](O)[C@@H](O)[C@@H]2O[C@H]2O[C@@H](CO)[C@@H](O)[C@@H](O)[C@H]2O)[C@@H](O)[C@H]1O. The largest absolute Gasteiger partial charge is 0.394 e. The zero-order valence-electron chi connectivity index (χ0n) is 23.5. The van der Waals surface area contributed by atoms with Crippen LogP contribution in [0.2, 0.25) is 0 Å². The van der Waals surface area contributed by atoms with Crippen LogP contribution < -0.4 is 0 Å². The quantitative estimate of drug-likeness (QED) is 0.0973. The molecule has 21 heteroatoms. The molecule has 4 aliphatic rings. The van der Waals surface area contributed by atoms with Crippen molar-refractivity contribution < 1.29 is 105 Å². The normalized spacial score (nSPS) is 52.7. The van der Waals surface area contributed by atoms with E-state index in [0.29, 0.717) is 0 Å². The maximum absolute atomic E-state index is 11.0. The first kappa shape index (κ1) is 37.0. The maximum Gasteiger partial charge on any atom is 0.224 e. The lowest BCUT2D eigenvalue weighted by Gasteiger charge is -2.49. The van der Waals surface area contributed by atoms with Crippen LogP contribution >= 0.6 is 0 Å². The van der Waals surface area contributed by atoms with Crippen LogP contribution in [0.15, 0.2) is 0 Å². The van der Waals surface area contributed by atoms with Crippen molar-refractivity contribution in [2.45, 2.75) is 116 Å². The summed E-state index contributed by atoms with van der Waals surface area (Å²) in [7, 11) is 0. The molecule has 0 aliphatic carbocycles. The minimum absolute atomic E-state index is 0.828. The molecule has 0 aromatic heterocycles. The second kappa shape index (κ2) is 15.1.